The molecule has 0 heterocycles. The lowest BCUT2D eigenvalue weighted by molar-refractivity contribution is 0.440. The third-order valence-electron chi connectivity index (χ3n) is 2.26. The minimum absolute atomic E-state index is 0.986. The maximum atomic E-state index is 2.30. The van der Waals surface area contributed by atoms with E-state index in [0.29, 0.717) is 0 Å². The Bertz CT molecular complexity index is 53.1. The Kier molecular flexibility index (Phi) is 7.11. The third kappa shape index (κ3) is 4.84. The Morgan fingerprint density at radius 1 is 1.20 bits per heavy atom. The minimum atomic E-state index is 0.986. The average Bonchev–Trinajstić information content (AvgIpc) is 1.99. The van der Waals surface area contributed by atoms with Crippen molar-refractivity contribution in [2.24, 2.45) is 5.92 Å². The van der Waals surface area contributed by atoms with Crippen LogP contribution in [0.1, 0.15) is 52.9 Å². The molecule has 0 bridgehead atoms. The molecule has 0 saturated carbocycles. The Morgan fingerprint density at radius 3 is 2.20 bits per heavy atom. The molecule has 0 spiro atoms. The highest BCUT2D eigenvalue weighted by Gasteiger charge is 2.00. The Morgan fingerprint density at radius 2 is 1.80 bits per heavy atom. The fourth-order valence-electron chi connectivity index (χ4n) is 1.31. The highest BCUT2D eigenvalue weighted by atomic mass is 14.1. The van der Waals surface area contributed by atoms with Crippen LogP contribution in [0.2, 0.25) is 0 Å². The monoisotopic (exact) mass is 141 g/mol. The molecule has 0 heteroatoms. The number of unbranched alkanes of at least 4 members (excludes halogenated alkanes) is 2. The molecule has 0 amide bonds. The number of hydrogen-bond donors (Lipinski definition) is 0. The van der Waals surface area contributed by atoms with Crippen LogP contribution in [-0.4, -0.2) is 0 Å². The summed E-state index contributed by atoms with van der Waals surface area (Å²) < 4.78 is 0. The van der Waals surface area contributed by atoms with E-state index in [0.717, 1.165) is 5.92 Å². The smallest absolute Gasteiger partial charge is 0.0417 e. The van der Waals surface area contributed by atoms with E-state index in [1.807, 2.05) is 0 Å². The molecule has 0 rings (SSSR count). The van der Waals surface area contributed by atoms with Crippen LogP contribution >= 0.6 is 0 Å². The van der Waals surface area contributed by atoms with Gasteiger partial charge in [-0.1, -0.05) is 52.9 Å². The van der Waals surface area contributed by atoms with Crippen LogP contribution in [0.3, 0.4) is 0 Å². The summed E-state index contributed by atoms with van der Waals surface area (Å²) in [6, 6.07) is 0. The highest BCUT2D eigenvalue weighted by Crippen LogP contribution is 2.15. The average molecular weight is 141 g/mol. The van der Waals surface area contributed by atoms with E-state index >= 15 is 0 Å². The second-order valence-corrected chi connectivity index (χ2v) is 3.02. The maximum absolute atomic E-state index is 2.30. The van der Waals surface area contributed by atoms with Crippen LogP contribution in [0.25, 0.3) is 0 Å². The van der Waals surface area contributed by atoms with Crippen LogP contribution in [0.5, 0.6) is 0 Å². The summed E-state index contributed by atoms with van der Waals surface area (Å²) in [6.07, 6.45) is 9.11. The van der Waals surface area contributed by atoms with Crippen LogP contribution in [-0.2, 0) is 0 Å². The van der Waals surface area contributed by atoms with Gasteiger partial charge in [0.2, 0.25) is 0 Å². The molecule has 1 radical (unpaired) electrons. The summed E-state index contributed by atoms with van der Waals surface area (Å²) in [5, 5.41) is 0. The zero-order chi connectivity index (χ0) is 7.82. The van der Waals surface area contributed by atoms with Crippen molar-refractivity contribution in [1.82, 2.24) is 0 Å². The predicted octanol–water partition coefficient (Wildman–Crippen LogP) is 3.82. The standard InChI is InChI=1S/C10H21/c1-4-7-8-9-10(5-2)6-3/h4,10H,5-9H2,1-3H3. The molecule has 0 aromatic carbocycles. The van der Waals surface area contributed by atoms with Gasteiger partial charge < -0.3 is 0 Å². The van der Waals surface area contributed by atoms with E-state index in [1.54, 1.807) is 0 Å². The molecule has 61 valence electrons. The first kappa shape index (κ1) is 10.0. The van der Waals surface area contributed by atoms with Gasteiger partial charge in [0.1, 0.15) is 0 Å². The van der Waals surface area contributed by atoms with E-state index in [9.17, 15) is 0 Å². The second kappa shape index (κ2) is 7.11. The van der Waals surface area contributed by atoms with E-state index in [1.165, 1.54) is 32.1 Å². The van der Waals surface area contributed by atoms with Gasteiger partial charge >= 0.3 is 0 Å². The zero-order valence-electron chi connectivity index (χ0n) is 7.69. The van der Waals surface area contributed by atoms with Gasteiger partial charge in [0.25, 0.3) is 0 Å². The summed E-state index contributed by atoms with van der Waals surface area (Å²) in [6.45, 7) is 6.74. The van der Waals surface area contributed by atoms with E-state index in [4.69, 9.17) is 0 Å². The molecule has 0 N–H and O–H groups in total. The molecule has 0 aliphatic carbocycles. The lowest BCUT2D eigenvalue weighted by Crippen LogP contribution is -1.95. The van der Waals surface area contributed by atoms with Crippen molar-refractivity contribution >= 4 is 0 Å². The van der Waals surface area contributed by atoms with Crippen molar-refractivity contribution in [3.63, 3.8) is 0 Å². The molecule has 0 atom stereocenters. The molecular weight excluding hydrogens is 120 g/mol. The summed E-state index contributed by atoms with van der Waals surface area (Å²) in [4.78, 5) is 0. The van der Waals surface area contributed by atoms with Crippen molar-refractivity contribution < 1.29 is 0 Å². The van der Waals surface area contributed by atoms with Crippen LogP contribution in [0, 0.1) is 12.3 Å². The zero-order valence-corrected chi connectivity index (χ0v) is 7.69. The Labute approximate surface area is 66.0 Å². The van der Waals surface area contributed by atoms with Crippen LogP contribution in [0.4, 0.5) is 0 Å². The molecule has 10 heavy (non-hydrogen) atoms. The number of hydrogen-bond acceptors (Lipinski definition) is 0. The van der Waals surface area contributed by atoms with Crippen LogP contribution in [0.15, 0.2) is 0 Å². The number of rotatable bonds is 6. The first-order valence-corrected chi connectivity index (χ1v) is 4.62. The largest absolute Gasteiger partial charge is 0.0651 e. The van der Waals surface area contributed by atoms with Gasteiger partial charge in [0.15, 0.2) is 0 Å². The summed E-state index contributed by atoms with van der Waals surface area (Å²) in [5.74, 6) is 0.986. The molecule has 0 aliphatic heterocycles. The first-order valence-electron chi connectivity index (χ1n) is 4.62. The van der Waals surface area contributed by atoms with Crippen molar-refractivity contribution in [3.05, 3.63) is 6.42 Å². The highest BCUT2D eigenvalue weighted by molar-refractivity contribution is 4.59. The first-order chi connectivity index (χ1) is 4.85. The Balaban J connectivity index is 3.09. The molecule has 0 aliphatic rings. The third-order valence-corrected chi connectivity index (χ3v) is 2.26. The molecular formula is C10H21. The van der Waals surface area contributed by atoms with Gasteiger partial charge in [-0.05, 0) is 12.3 Å². The van der Waals surface area contributed by atoms with Crippen molar-refractivity contribution in [3.8, 4) is 0 Å². The second-order valence-electron chi connectivity index (χ2n) is 3.02. The van der Waals surface area contributed by atoms with Crippen LogP contribution < -0.4 is 0 Å². The van der Waals surface area contributed by atoms with Crippen molar-refractivity contribution in [2.45, 2.75) is 52.9 Å². The van der Waals surface area contributed by atoms with Gasteiger partial charge in [-0.2, -0.15) is 0 Å². The summed E-state index contributed by atoms with van der Waals surface area (Å²) in [7, 11) is 0. The van der Waals surface area contributed by atoms with Gasteiger partial charge in [0, 0.05) is 0 Å². The SMILES string of the molecule is C[CH]CCCC(CC)CC. The van der Waals surface area contributed by atoms with Gasteiger partial charge in [-0.15, -0.1) is 0 Å². The summed E-state index contributed by atoms with van der Waals surface area (Å²) >= 11 is 0. The fourth-order valence-corrected chi connectivity index (χ4v) is 1.31. The lowest BCUT2D eigenvalue weighted by Gasteiger charge is -2.10. The van der Waals surface area contributed by atoms with Gasteiger partial charge in [-0.25, -0.2) is 0 Å². The van der Waals surface area contributed by atoms with Crippen molar-refractivity contribution in [1.29, 1.82) is 0 Å². The molecule has 0 unspecified atom stereocenters. The summed E-state index contributed by atoms with van der Waals surface area (Å²) in [5.41, 5.74) is 0. The van der Waals surface area contributed by atoms with Crippen molar-refractivity contribution in [2.75, 3.05) is 0 Å². The maximum Gasteiger partial charge on any atom is -0.0417 e. The van der Waals surface area contributed by atoms with E-state index < -0.39 is 0 Å². The normalized spacial score (nSPS) is 10.8. The molecule has 0 fully saturated rings. The fraction of sp³-hybridized carbons (Fsp3) is 0.900. The lowest BCUT2D eigenvalue weighted by atomic mass is 9.96. The molecule has 0 saturated heterocycles. The minimum Gasteiger partial charge on any atom is -0.0651 e. The van der Waals surface area contributed by atoms with Gasteiger partial charge in [0.05, 0.1) is 0 Å². The molecule has 0 aromatic rings. The molecule has 0 aromatic heterocycles. The van der Waals surface area contributed by atoms with E-state index in [2.05, 4.69) is 27.2 Å². The van der Waals surface area contributed by atoms with E-state index in [-0.39, 0.29) is 0 Å². The topological polar surface area (TPSA) is 0 Å². The van der Waals surface area contributed by atoms with Gasteiger partial charge in [-0.3, -0.25) is 0 Å². The molecule has 0 nitrogen and oxygen atoms in total. The Hall–Kier alpha value is 0. The quantitative estimate of drug-likeness (QED) is 0.493. The predicted molar refractivity (Wildman–Crippen MR) is 47.9 cm³/mol.